The number of carbonyl (C=O) groups is 1. The van der Waals surface area contributed by atoms with E-state index in [0.717, 1.165) is 34.6 Å². The molecule has 0 atom stereocenters. The van der Waals surface area contributed by atoms with Crippen LogP contribution in [0.3, 0.4) is 0 Å². The van der Waals surface area contributed by atoms with Gasteiger partial charge >= 0.3 is 0 Å². The molecule has 1 aromatic carbocycles. The van der Waals surface area contributed by atoms with Gasteiger partial charge in [-0.15, -0.1) is 0 Å². The highest BCUT2D eigenvalue weighted by Crippen LogP contribution is 2.19. The predicted molar refractivity (Wildman–Crippen MR) is 101 cm³/mol. The first-order valence-electron chi connectivity index (χ1n) is 8.57. The van der Waals surface area contributed by atoms with Crippen LogP contribution >= 0.6 is 0 Å². The van der Waals surface area contributed by atoms with Crippen LogP contribution in [-0.2, 0) is 11.3 Å². The molecule has 0 saturated carbocycles. The van der Waals surface area contributed by atoms with Gasteiger partial charge in [-0.2, -0.15) is 0 Å². The number of carbonyl (C=O) groups excluding carboxylic acids is 1. The zero-order chi connectivity index (χ0) is 17.8. The lowest BCUT2D eigenvalue weighted by atomic mass is 10.1. The Balaban J connectivity index is 1.70. The number of amides is 1. The van der Waals surface area contributed by atoms with E-state index in [0.29, 0.717) is 13.1 Å². The summed E-state index contributed by atoms with van der Waals surface area (Å²) in [6, 6.07) is 10.1. The van der Waals surface area contributed by atoms with Crippen LogP contribution in [0.15, 0.2) is 48.9 Å². The van der Waals surface area contributed by atoms with Crippen LogP contribution in [0.5, 0.6) is 0 Å². The third kappa shape index (κ3) is 3.88. The maximum absolute atomic E-state index is 12.5. The molecule has 0 radical (unpaired) electrons. The van der Waals surface area contributed by atoms with E-state index in [1.54, 1.807) is 6.20 Å². The summed E-state index contributed by atoms with van der Waals surface area (Å²) in [6.07, 6.45) is 5.71. The second-order valence-corrected chi connectivity index (χ2v) is 6.31. The van der Waals surface area contributed by atoms with Gasteiger partial charge in [0, 0.05) is 36.4 Å². The lowest BCUT2D eigenvalue weighted by Crippen LogP contribution is -2.33. The van der Waals surface area contributed by atoms with Crippen LogP contribution in [-0.4, -0.2) is 33.3 Å². The van der Waals surface area contributed by atoms with Crippen LogP contribution in [0.4, 0.5) is 5.69 Å². The maximum Gasteiger partial charge on any atom is 0.238 e. The Morgan fingerprint density at radius 1 is 1.16 bits per heavy atom. The molecule has 5 nitrogen and oxygen atoms in total. The van der Waals surface area contributed by atoms with Gasteiger partial charge in [-0.1, -0.05) is 31.2 Å². The van der Waals surface area contributed by atoms with E-state index in [-0.39, 0.29) is 5.91 Å². The summed E-state index contributed by atoms with van der Waals surface area (Å²) in [4.78, 5) is 19.0. The lowest BCUT2D eigenvalue weighted by Gasteiger charge is -2.21. The number of fused-ring (bicyclic) bond motifs is 1. The molecule has 2 aromatic heterocycles. The average molecular weight is 336 g/mol. The number of hydrogen-bond donors (Lipinski definition) is 1. The molecular formula is C20H24N4O. The van der Waals surface area contributed by atoms with Gasteiger partial charge in [0.2, 0.25) is 5.91 Å². The Morgan fingerprint density at radius 3 is 2.64 bits per heavy atom. The third-order valence-electron chi connectivity index (χ3n) is 4.45. The van der Waals surface area contributed by atoms with E-state index in [1.165, 1.54) is 0 Å². The van der Waals surface area contributed by atoms with E-state index in [2.05, 4.69) is 28.2 Å². The van der Waals surface area contributed by atoms with E-state index in [4.69, 9.17) is 0 Å². The quantitative estimate of drug-likeness (QED) is 0.750. The molecule has 1 N–H and O–H groups in total. The van der Waals surface area contributed by atoms with Gasteiger partial charge in [-0.05, 0) is 37.6 Å². The van der Waals surface area contributed by atoms with Crippen molar-refractivity contribution in [1.82, 2.24) is 14.3 Å². The number of nitrogens with one attached hydrogen (secondary N) is 1. The fourth-order valence-electron chi connectivity index (χ4n) is 3.05. The van der Waals surface area contributed by atoms with Crippen molar-refractivity contribution in [2.24, 2.45) is 0 Å². The van der Waals surface area contributed by atoms with Gasteiger partial charge in [0.1, 0.15) is 5.65 Å². The normalized spacial score (nSPS) is 11.2. The second kappa shape index (κ2) is 7.49. The van der Waals surface area contributed by atoms with Gasteiger partial charge in [0.15, 0.2) is 0 Å². The summed E-state index contributed by atoms with van der Waals surface area (Å²) in [5.41, 5.74) is 5.14. The van der Waals surface area contributed by atoms with Crippen LogP contribution in [0.1, 0.15) is 23.6 Å². The van der Waals surface area contributed by atoms with E-state index in [1.807, 2.05) is 54.9 Å². The van der Waals surface area contributed by atoms with E-state index >= 15 is 0 Å². The molecule has 0 spiro atoms. The van der Waals surface area contributed by atoms with Crippen molar-refractivity contribution in [2.75, 3.05) is 18.4 Å². The number of para-hydroxylation sites is 1. The standard InChI is InChI=1S/C20H24N4O/c1-4-23(13-17-9-6-11-24-12-10-21-20(17)24)14-18(25)22-19-15(2)7-5-8-16(19)3/h5-12H,4,13-14H2,1-3H3,(H,22,25). The summed E-state index contributed by atoms with van der Waals surface area (Å²) < 4.78 is 2.00. The van der Waals surface area contributed by atoms with Crippen LogP contribution in [0, 0.1) is 13.8 Å². The molecule has 3 rings (SSSR count). The fourth-order valence-corrected chi connectivity index (χ4v) is 3.05. The molecule has 0 saturated heterocycles. The first-order valence-corrected chi connectivity index (χ1v) is 8.57. The molecule has 3 aromatic rings. The Morgan fingerprint density at radius 2 is 1.92 bits per heavy atom. The van der Waals surface area contributed by atoms with Gasteiger partial charge in [0.05, 0.1) is 6.54 Å². The minimum atomic E-state index is 0.00884. The predicted octanol–water partition coefficient (Wildman–Crippen LogP) is 3.41. The van der Waals surface area contributed by atoms with Gasteiger partial charge < -0.3 is 9.72 Å². The number of rotatable bonds is 6. The Bertz CT molecular complexity index is 864. The second-order valence-electron chi connectivity index (χ2n) is 6.31. The SMILES string of the molecule is CCN(CC(=O)Nc1c(C)cccc1C)Cc1cccn2ccnc12. The molecule has 0 unspecified atom stereocenters. The highest BCUT2D eigenvalue weighted by atomic mass is 16.2. The third-order valence-corrected chi connectivity index (χ3v) is 4.45. The Labute approximate surface area is 148 Å². The van der Waals surface area contributed by atoms with Crippen molar-refractivity contribution in [2.45, 2.75) is 27.3 Å². The first-order chi connectivity index (χ1) is 12.1. The first kappa shape index (κ1) is 17.2. The molecule has 0 bridgehead atoms. The molecule has 0 fully saturated rings. The summed E-state index contributed by atoms with van der Waals surface area (Å²) in [5, 5.41) is 3.06. The smallest absolute Gasteiger partial charge is 0.238 e. The molecule has 0 aliphatic rings. The number of aryl methyl sites for hydroxylation is 2. The van der Waals surface area contributed by atoms with Crippen molar-refractivity contribution >= 4 is 17.2 Å². The van der Waals surface area contributed by atoms with Crippen molar-refractivity contribution in [3.05, 3.63) is 65.6 Å². The van der Waals surface area contributed by atoms with Crippen molar-refractivity contribution in [1.29, 1.82) is 0 Å². The van der Waals surface area contributed by atoms with E-state index in [9.17, 15) is 4.79 Å². The number of nitrogens with zero attached hydrogens (tertiary/aromatic N) is 3. The topological polar surface area (TPSA) is 49.6 Å². The van der Waals surface area contributed by atoms with Gasteiger partial charge in [-0.3, -0.25) is 9.69 Å². The summed E-state index contributed by atoms with van der Waals surface area (Å²) in [7, 11) is 0. The summed E-state index contributed by atoms with van der Waals surface area (Å²) >= 11 is 0. The fraction of sp³-hybridized carbons (Fsp3) is 0.300. The highest BCUT2D eigenvalue weighted by molar-refractivity contribution is 5.93. The number of imidazole rings is 1. The van der Waals surface area contributed by atoms with Crippen LogP contribution in [0.25, 0.3) is 5.65 Å². The number of benzene rings is 1. The molecule has 25 heavy (non-hydrogen) atoms. The zero-order valence-electron chi connectivity index (χ0n) is 15.0. The average Bonchev–Trinajstić information content (AvgIpc) is 3.07. The number of likely N-dealkylation sites (N-methyl/N-ethyl adjacent to an activating group) is 1. The Hall–Kier alpha value is -2.66. The minimum absolute atomic E-state index is 0.00884. The van der Waals surface area contributed by atoms with Crippen molar-refractivity contribution in [3.63, 3.8) is 0 Å². The van der Waals surface area contributed by atoms with Crippen molar-refractivity contribution in [3.8, 4) is 0 Å². The van der Waals surface area contributed by atoms with Crippen LogP contribution in [0.2, 0.25) is 0 Å². The van der Waals surface area contributed by atoms with Crippen LogP contribution < -0.4 is 5.32 Å². The molecule has 0 aliphatic heterocycles. The molecular weight excluding hydrogens is 312 g/mol. The number of pyridine rings is 1. The van der Waals surface area contributed by atoms with E-state index < -0.39 is 0 Å². The lowest BCUT2D eigenvalue weighted by molar-refractivity contribution is -0.117. The monoisotopic (exact) mass is 336 g/mol. The minimum Gasteiger partial charge on any atom is -0.324 e. The molecule has 0 aliphatic carbocycles. The molecule has 5 heteroatoms. The molecule has 1 amide bonds. The van der Waals surface area contributed by atoms with Gasteiger partial charge in [0.25, 0.3) is 0 Å². The summed E-state index contributed by atoms with van der Waals surface area (Å²) in [5.74, 6) is 0.00884. The summed E-state index contributed by atoms with van der Waals surface area (Å²) in [6.45, 7) is 7.93. The molecule has 2 heterocycles. The van der Waals surface area contributed by atoms with Gasteiger partial charge in [-0.25, -0.2) is 4.98 Å². The molecule has 130 valence electrons. The zero-order valence-corrected chi connectivity index (χ0v) is 15.0. The highest BCUT2D eigenvalue weighted by Gasteiger charge is 2.13. The van der Waals surface area contributed by atoms with Crippen molar-refractivity contribution < 1.29 is 4.79 Å². The number of aromatic nitrogens is 2. The largest absolute Gasteiger partial charge is 0.324 e. The number of hydrogen-bond acceptors (Lipinski definition) is 3. The Kier molecular flexibility index (Phi) is 5.14. The number of anilines is 1. The maximum atomic E-state index is 12.5.